The molecule has 2 rings (SSSR count). The van der Waals surface area contributed by atoms with Crippen molar-refractivity contribution in [3.05, 3.63) is 11.7 Å². The van der Waals surface area contributed by atoms with Gasteiger partial charge in [0, 0.05) is 13.0 Å². The van der Waals surface area contributed by atoms with Crippen LogP contribution < -0.4 is 5.73 Å². The zero-order valence-electron chi connectivity index (χ0n) is 11.5. The van der Waals surface area contributed by atoms with Crippen molar-refractivity contribution in [2.75, 3.05) is 13.7 Å². The molecule has 1 fully saturated rings. The van der Waals surface area contributed by atoms with Crippen LogP contribution in [0.25, 0.3) is 0 Å². The van der Waals surface area contributed by atoms with Crippen molar-refractivity contribution in [1.29, 1.82) is 0 Å². The summed E-state index contributed by atoms with van der Waals surface area (Å²) >= 11 is 0. The van der Waals surface area contributed by atoms with E-state index in [1.165, 1.54) is 6.42 Å². The average Bonchev–Trinajstić information content (AvgIpc) is 3.05. The first-order chi connectivity index (χ1) is 8.64. The maximum atomic E-state index is 5.79. The van der Waals surface area contributed by atoms with Crippen LogP contribution in [0.3, 0.4) is 0 Å². The molecule has 0 saturated heterocycles. The Morgan fingerprint density at radius 2 is 2.28 bits per heavy atom. The Bertz CT molecular complexity index is 387. The second-order valence-corrected chi connectivity index (χ2v) is 5.28. The highest BCUT2D eigenvalue weighted by molar-refractivity contribution is 5.04. The summed E-state index contributed by atoms with van der Waals surface area (Å²) < 4.78 is 10.9. The van der Waals surface area contributed by atoms with E-state index in [1.807, 2.05) is 6.92 Å². The molecule has 0 aliphatic heterocycles. The first kappa shape index (κ1) is 13.5. The molecule has 102 valence electrons. The molecule has 1 aliphatic carbocycles. The van der Waals surface area contributed by atoms with E-state index >= 15 is 0 Å². The molecule has 0 bridgehead atoms. The van der Waals surface area contributed by atoms with E-state index in [1.54, 1.807) is 7.11 Å². The first-order valence-electron chi connectivity index (χ1n) is 6.74. The van der Waals surface area contributed by atoms with Crippen molar-refractivity contribution in [2.45, 2.75) is 51.0 Å². The smallest absolute Gasteiger partial charge is 0.230 e. The molecule has 1 aliphatic rings. The van der Waals surface area contributed by atoms with Crippen molar-refractivity contribution in [3.63, 3.8) is 0 Å². The number of aromatic nitrogens is 2. The normalized spacial score (nSPS) is 27.3. The first-order valence-corrected chi connectivity index (χ1v) is 6.74. The SMILES string of the molecule is CCC(C)(OC)c1noc(C2CCCC2CN)n1. The fourth-order valence-corrected chi connectivity index (χ4v) is 2.64. The molecule has 1 heterocycles. The zero-order chi connectivity index (χ0) is 13.2. The number of hydrogen-bond acceptors (Lipinski definition) is 5. The van der Waals surface area contributed by atoms with Crippen LogP contribution in [0.15, 0.2) is 4.52 Å². The monoisotopic (exact) mass is 253 g/mol. The summed E-state index contributed by atoms with van der Waals surface area (Å²) in [6.07, 6.45) is 4.26. The third-order valence-corrected chi connectivity index (χ3v) is 4.32. The number of ether oxygens (including phenoxy) is 1. The lowest BCUT2D eigenvalue weighted by molar-refractivity contribution is -0.0106. The molecule has 2 N–H and O–H groups in total. The molecule has 5 heteroatoms. The van der Waals surface area contributed by atoms with E-state index in [-0.39, 0.29) is 0 Å². The van der Waals surface area contributed by atoms with E-state index in [2.05, 4.69) is 17.1 Å². The van der Waals surface area contributed by atoms with E-state index in [4.69, 9.17) is 15.0 Å². The second-order valence-electron chi connectivity index (χ2n) is 5.28. The van der Waals surface area contributed by atoms with Gasteiger partial charge in [0.2, 0.25) is 11.7 Å². The van der Waals surface area contributed by atoms with Crippen LogP contribution in [0, 0.1) is 5.92 Å². The standard InChI is InChI=1S/C13H23N3O2/c1-4-13(2,17-3)12-15-11(18-16-12)10-7-5-6-9(10)8-14/h9-10H,4-8,14H2,1-3H3. The summed E-state index contributed by atoms with van der Waals surface area (Å²) in [7, 11) is 1.68. The maximum absolute atomic E-state index is 5.79. The Kier molecular flexibility index (Phi) is 4.02. The van der Waals surface area contributed by atoms with Gasteiger partial charge in [-0.3, -0.25) is 0 Å². The minimum absolute atomic E-state index is 0.328. The third kappa shape index (κ3) is 2.29. The van der Waals surface area contributed by atoms with Crippen molar-refractivity contribution in [1.82, 2.24) is 10.1 Å². The van der Waals surface area contributed by atoms with Gasteiger partial charge in [-0.15, -0.1) is 0 Å². The Morgan fingerprint density at radius 1 is 1.50 bits per heavy atom. The summed E-state index contributed by atoms with van der Waals surface area (Å²) in [6, 6.07) is 0. The van der Waals surface area contributed by atoms with E-state index in [9.17, 15) is 0 Å². The van der Waals surface area contributed by atoms with Gasteiger partial charge in [-0.05, 0) is 38.6 Å². The van der Waals surface area contributed by atoms with Crippen LogP contribution in [0.2, 0.25) is 0 Å². The molecular formula is C13H23N3O2. The maximum Gasteiger partial charge on any atom is 0.230 e. The summed E-state index contributed by atoms with van der Waals surface area (Å²) in [4.78, 5) is 4.55. The predicted molar refractivity (Wildman–Crippen MR) is 68.1 cm³/mol. The van der Waals surface area contributed by atoms with Gasteiger partial charge >= 0.3 is 0 Å². The number of nitrogens with two attached hydrogens (primary N) is 1. The molecule has 0 radical (unpaired) electrons. The summed E-state index contributed by atoms with van der Waals surface area (Å²) in [5, 5.41) is 4.09. The third-order valence-electron chi connectivity index (χ3n) is 4.32. The van der Waals surface area contributed by atoms with Crippen LogP contribution in [-0.2, 0) is 10.3 Å². The highest BCUT2D eigenvalue weighted by Gasteiger charge is 2.35. The molecule has 0 aromatic carbocycles. The Labute approximate surface area is 108 Å². The minimum Gasteiger partial charge on any atom is -0.370 e. The van der Waals surface area contributed by atoms with Crippen LogP contribution in [0.4, 0.5) is 0 Å². The Morgan fingerprint density at radius 3 is 2.89 bits per heavy atom. The van der Waals surface area contributed by atoms with Gasteiger partial charge in [-0.2, -0.15) is 4.98 Å². The molecule has 0 amide bonds. The van der Waals surface area contributed by atoms with Crippen molar-refractivity contribution < 1.29 is 9.26 Å². The molecule has 3 atom stereocenters. The van der Waals surface area contributed by atoms with Gasteiger partial charge in [0.1, 0.15) is 5.60 Å². The summed E-state index contributed by atoms with van der Waals surface area (Å²) in [5.74, 6) is 2.18. The quantitative estimate of drug-likeness (QED) is 0.870. The fourth-order valence-electron chi connectivity index (χ4n) is 2.64. The van der Waals surface area contributed by atoms with Gasteiger partial charge < -0.3 is 15.0 Å². The lowest BCUT2D eigenvalue weighted by atomic mass is 9.96. The second kappa shape index (κ2) is 5.36. The molecule has 1 aromatic heterocycles. The number of methoxy groups -OCH3 is 1. The summed E-state index contributed by atoms with van der Waals surface area (Å²) in [5.41, 5.74) is 5.33. The van der Waals surface area contributed by atoms with Crippen LogP contribution in [-0.4, -0.2) is 23.8 Å². The zero-order valence-corrected chi connectivity index (χ0v) is 11.5. The Balaban J connectivity index is 2.20. The van der Waals surface area contributed by atoms with Gasteiger partial charge in [-0.1, -0.05) is 18.5 Å². The average molecular weight is 253 g/mol. The fraction of sp³-hybridized carbons (Fsp3) is 0.846. The van der Waals surface area contributed by atoms with E-state index in [0.29, 0.717) is 24.2 Å². The van der Waals surface area contributed by atoms with Crippen LogP contribution in [0.5, 0.6) is 0 Å². The predicted octanol–water partition coefficient (Wildman–Crippen LogP) is 2.18. The highest BCUT2D eigenvalue weighted by Crippen LogP contribution is 2.39. The summed E-state index contributed by atoms with van der Waals surface area (Å²) in [6.45, 7) is 4.73. The van der Waals surface area contributed by atoms with Crippen molar-refractivity contribution >= 4 is 0 Å². The molecule has 1 saturated carbocycles. The minimum atomic E-state index is -0.460. The number of hydrogen-bond donors (Lipinski definition) is 1. The molecular weight excluding hydrogens is 230 g/mol. The van der Waals surface area contributed by atoms with Crippen molar-refractivity contribution in [3.8, 4) is 0 Å². The van der Waals surface area contributed by atoms with Crippen LogP contribution >= 0.6 is 0 Å². The van der Waals surface area contributed by atoms with Crippen LogP contribution in [0.1, 0.15) is 57.2 Å². The largest absolute Gasteiger partial charge is 0.370 e. The van der Waals surface area contributed by atoms with Gasteiger partial charge in [-0.25, -0.2) is 0 Å². The lowest BCUT2D eigenvalue weighted by Crippen LogP contribution is -2.25. The van der Waals surface area contributed by atoms with E-state index < -0.39 is 5.60 Å². The van der Waals surface area contributed by atoms with Gasteiger partial charge in [0.25, 0.3) is 0 Å². The molecule has 3 unspecified atom stereocenters. The topological polar surface area (TPSA) is 74.2 Å². The number of rotatable bonds is 5. The molecule has 18 heavy (non-hydrogen) atoms. The molecule has 5 nitrogen and oxygen atoms in total. The number of nitrogens with zero attached hydrogens (tertiary/aromatic N) is 2. The Hall–Kier alpha value is -0.940. The molecule has 1 aromatic rings. The lowest BCUT2D eigenvalue weighted by Gasteiger charge is -2.22. The van der Waals surface area contributed by atoms with Gasteiger partial charge in [0.05, 0.1) is 0 Å². The molecule has 0 spiro atoms. The van der Waals surface area contributed by atoms with E-state index in [0.717, 1.165) is 25.2 Å². The highest BCUT2D eigenvalue weighted by atomic mass is 16.5. The van der Waals surface area contributed by atoms with Gasteiger partial charge in [0.15, 0.2) is 0 Å². The van der Waals surface area contributed by atoms with Crippen molar-refractivity contribution in [2.24, 2.45) is 11.7 Å².